The number of nitriles is 1. The molecule has 0 radical (unpaired) electrons. The van der Waals surface area contributed by atoms with Crippen molar-refractivity contribution in [1.82, 2.24) is 0 Å². The number of nitrogens with zero attached hydrogens (tertiary/aromatic N) is 2. The fraction of sp³-hybridized carbons (Fsp3) is 0.278. The van der Waals surface area contributed by atoms with E-state index < -0.39 is 0 Å². The normalized spacial score (nSPS) is 11.8. The Morgan fingerprint density at radius 1 is 1.13 bits per heavy atom. The van der Waals surface area contributed by atoms with Crippen LogP contribution in [0, 0.1) is 11.3 Å². The Labute approximate surface area is 147 Å². The number of methoxy groups -OCH3 is 1. The number of hydrogen-bond donors (Lipinski definition) is 0. The maximum atomic E-state index is 8.94. The Morgan fingerprint density at radius 2 is 1.83 bits per heavy atom. The third-order valence-electron chi connectivity index (χ3n) is 3.60. The summed E-state index contributed by atoms with van der Waals surface area (Å²) in [5.74, 6) is 0. The molecule has 0 aliphatic carbocycles. The molecule has 120 valence electrons. The average Bonchev–Trinajstić information content (AvgIpc) is 2.56. The maximum absolute atomic E-state index is 8.94. The Bertz CT molecular complexity index is 695. The number of halogens is 2. The highest BCUT2D eigenvalue weighted by Crippen LogP contribution is 2.26. The molecule has 2 aromatic carbocycles. The van der Waals surface area contributed by atoms with Crippen LogP contribution in [-0.2, 0) is 11.3 Å². The fourth-order valence-electron chi connectivity index (χ4n) is 2.39. The molecule has 0 saturated carbocycles. The third-order valence-corrected chi connectivity index (χ3v) is 4.34. The van der Waals surface area contributed by atoms with Gasteiger partial charge in [-0.2, -0.15) is 5.26 Å². The zero-order valence-electron chi connectivity index (χ0n) is 13.1. The van der Waals surface area contributed by atoms with Crippen molar-refractivity contribution in [3.63, 3.8) is 0 Å². The van der Waals surface area contributed by atoms with Crippen molar-refractivity contribution in [1.29, 1.82) is 5.26 Å². The number of hydrogen-bond acceptors (Lipinski definition) is 3. The summed E-state index contributed by atoms with van der Waals surface area (Å²) in [7, 11) is 1.69. The molecule has 0 spiro atoms. The predicted octanol–water partition coefficient (Wildman–Crippen LogP) is 4.91. The highest BCUT2D eigenvalue weighted by molar-refractivity contribution is 6.42. The van der Waals surface area contributed by atoms with Crippen LogP contribution in [-0.4, -0.2) is 19.8 Å². The third kappa shape index (κ3) is 4.62. The lowest BCUT2D eigenvalue weighted by atomic mass is 10.1. The van der Waals surface area contributed by atoms with Gasteiger partial charge in [0, 0.05) is 25.4 Å². The number of benzene rings is 2. The van der Waals surface area contributed by atoms with Crippen LogP contribution >= 0.6 is 23.2 Å². The van der Waals surface area contributed by atoms with Crippen LogP contribution in [0.25, 0.3) is 0 Å². The van der Waals surface area contributed by atoms with Crippen molar-refractivity contribution in [3.8, 4) is 6.07 Å². The Balaban J connectivity index is 2.29. The zero-order chi connectivity index (χ0) is 16.8. The summed E-state index contributed by atoms with van der Waals surface area (Å²) < 4.78 is 5.29. The van der Waals surface area contributed by atoms with Gasteiger partial charge in [0.25, 0.3) is 0 Å². The first-order valence-corrected chi connectivity index (χ1v) is 8.00. The Kier molecular flexibility index (Phi) is 6.29. The van der Waals surface area contributed by atoms with Crippen molar-refractivity contribution >= 4 is 28.9 Å². The fourth-order valence-corrected chi connectivity index (χ4v) is 2.72. The van der Waals surface area contributed by atoms with Gasteiger partial charge in [-0.25, -0.2) is 0 Å². The van der Waals surface area contributed by atoms with Gasteiger partial charge in [0.15, 0.2) is 0 Å². The molecule has 0 aliphatic heterocycles. The molecule has 0 fully saturated rings. The molecule has 2 aromatic rings. The SMILES string of the molecule is COCC(C)N(Cc1ccc(Cl)c(Cl)c1)c1ccc(C#N)cc1. The molecule has 0 aliphatic rings. The summed E-state index contributed by atoms with van der Waals surface area (Å²) in [6.07, 6.45) is 0. The maximum Gasteiger partial charge on any atom is 0.0991 e. The molecule has 1 unspecified atom stereocenters. The molecular weight excluding hydrogens is 331 g/mol. The van der Waals surface area contributed by atoms with Crippen LogP contribution in [0.15, 0.2) is 42.5 Å². The van der Waals surface area contributed by atoms with Crippen LogP contribution in [0.2, 0.25) is 10.0 Å². The molecule has 23 heavy (non-hydrogen) atoms. The minimum absolute atomic E-state index is 0.169. The molecule has 0 amide bonds. The van der Waals surface area contributed by atoms with Crippen LogP contribution in [0.3, 0.4) is 0 Å². The largest absolute Gasteiger partial charge is 0.383 e. The van der Waals surface area contributed by atoms with E-state index in [1.807, 2.05) is 36.4 Å². The molecule has 0 saturated heterocycles. The summed E-state index contributed by atoms with van der Waals surface area (Å²) >= 11 is 12.1. The van der Waals surface area contributed by atoms with Crippen LogP contribution in [0.5, 0.6) is 0 Å². The van der Waals surface area contributed by atoms with Crippen molar-refractivity contribution < 1.29 is 4.74 Å². The zero-order valence-corrected chi connectivity index (χ0v) is 14.6. The van der Waals surface area contributed by atoms with E-state index in [0.717, 1.165) is 11.3 Å². The van der Waals surface area contributed by atoms with E-state index in [2.05, 4.69) is 17.9 Å². The summed E-state index contributed by atoms with van der Waals surface area (Å²) in [6.45, 7) is 3.37. The van der Waals surface area contributed by atoms with Gasteiger partial charge in [-0.15, -0.1) is 0 Å². The minimum Gasteiger partial charge on any atom is -0.383 e. The van der Waals surface area contributed by atoms with E-state index in [9.17, 15) is 0 Å². The Morgan fingerprint density at radius 3 is 2.39 bits per heavy atom. The van der Waals surface area contributed by atoms with E-state index in [-0.39, 0.29) is 6.04 Å². The van der Waals surface area contributed by atoms with Crippen LogP contribution in [0.1, 0.15) is 18.1 Å². The van der Waals surface area contributed by atoms with E-state index in [0.29, 0.717) is 28.8 Å². The first-order chi connectivity index (χ1) is 11.0. The standard InChI is InChI=1S/C18H18Cl2N2O/c1-13(12-23-2)22(16-6-3-14(10-21)4-7-16)11-15-5-8-17(19)18(20)9-15/h3-9,13H,11-12H2,1-2H3. The van der Waals surface area contributed by atoms with Gasteiger partial charge >= 0.3 is 0 Å². The first kappa shape index (κ1) is 17.6. The highest BCUT2D eigenvalue weighted by atomic mass is 35.5. The van der Waals surface area contributed by atoms with Gasteiger partial charge in [0.1, 0.15) is 0 Å². The lowest BCUT2D eigenvalue weighted by Gasteiger charge is -2.31. The minimum atomic E-state index is 0.169. The lowest BCUT2D eigenvalue weighted by molar-refractivity contribution is 0.181. The van der Waals surface area contributed by atoms with E-state index in [4.69, 9.17) is 33.2 Å². The monoisotopic (exact) mass is 348 g/mol. The van der Waals surface area contributed by atoms with Gasteiger partial charge in [0.05, 0.1) is 28.3 Å². The topological polar surface area (TPSA) is 36.3 Å². The second-order valence-corrected chi connectivity index (χ2v) is 6.15. The van der Waals surface area contributed by atoms with Crippen LogP contribution in [0.4, 0.5) is 5.69 Å². The van der Waals surface area contributed by atoms with Gasteiger partial charge in [-0.1, -0.05) is 29.3 Å². The molecule has 0 N–H and O–H groups in total. The molecule has 3 nitrogen and oxygen atoms in total. The van der Waals surface area contributed by atoms with Crippen LogP contribution < -0.4 is 4.90 Å². The summed E-state index contributed by atoms with van der Waals surface area (Å²) in [5.41, 5.74) is 2.73. The van der Waals surface area contributed by atoms with Gasteiger partial charge in [0.2, 0.25) is 0 Å². The van der Waals surface area contributed by atoms with Gasteiger partial charge in [-0.3, -0.25) is 0 Å². The Hall–Kier alpha value is -1.73. The number of rotatable bonds is 6. The van der Waals surface area contributed by atoms with E-state index in [1.54, 1.807) is 13.2 Å². The van der Waals surface area contributed by atoms with E-state index in [1.165, 1.54) is 0 Å². The smallest absolute Gasteiger partial charge is 0.0991 e. The first-order valence-electron chi connectivity index (χ1n) is 7.25. The molecule has 0 bridgehead atoms. The molecule has 2 rings (SSSR count). The summed E-state index contributed by atoms with van der Waals surface area (Å²) in [5, 5.41) is 10.0. The molecule has 5 heteroatoms. The highest BCUT2D eigenvalue weighted by Gasteiger charge is 2.15. The molecule has 0 heterocycles. The average molecular weight is 349 g/mol. The van der Waals surface area contributed by atoms with Crippen molar-refractivity contribution in [2.45, 2.75) is 19.5 Å². The summed E-state index contributed by atoms with van der Waals surface area (Å²) in [6, 6.07) is 15.5. The second kappa shape index (κ2) is 8.21. The number of anilines is 1. The lowest BCUT2D eigenvalue weighted by Crippen LogP contribution is -2.35. The van der Waals surface area contributed by atoms with Gasteiger partial charge in [-0.05, 0) is 48.9 Å². The molecule has 1 atom stereocenters. The van der Waals surface area contributed by atoms with Crippen molar-refractivity contribution in [3.05, 3.63) is 63.6 Å². The van der Waals surface area contributed by atoms with Crippen molar-refractivity contribution in [2.75, 3.05) is 18.6 Å². The van der Waals surface area contributed by atoms with Crippen molar-refractivity contribution in [2.24, 2.45) is 0 Å². The van der Waals surface area contributed by atoms with E-state index >= 15 is 0 Å². The summed E-state index contributed by atoms with van der Waals surface area (Å²) in [4.78, 5) is 2.21. The number of ether oxygens (including phenoxy) is 1. The quantitative estimate of drug-likeness (QED) is 0.744. The second-order valence-electron chi connectivity index (χ2n) is 5.34. The molecule has 0 aromatic heterocycles. The van der Waals surface area contributed by atoms with Gasteiger partial charge < -0.3 is 9.64 Å². The molecular formula is C18H18Cl2N2O. The predicted molar refractivity (Wildman–Crippen MR) is 95.1 cm³/mol.